The van der Waals surface area contributed by atoms with Gasteiger partial charge in [0.05, 0.1) is 32.7 Å². The number of hydrogen-bond acceptors (Lipinski definition) is 10. The Morgan fingerprint density at radius 1 is 0.862 bits per heavy atom. The van der Waals surface area contributed by atoms with E-state index in [1.165, 1.54) is 14.2 Å². The standard InChI is InChI=1S/C43H53N7O8/c1-23(2)35(48-42(53)55-5)39(51)46-30-10-7-9-28(30)38-44-22-31(45-38)26-14-12-25(13-15-26)27-16-17-29-34(21-27)57-20-18-33-37(29)47-40(58-33)32-11-8-19-50(32)41(52)36(24(3)4)49-43(54)56-6/h12-17,21-24,28,30,32,35-36H,7-11,18-20H2,1-6H3,(H,44,45)(H,46,51)(H,48,53)(H,49,54)/t28-,30+,32-,35-,36-/m0/s1. The van der Waals surface area contributed by atoms with Crippen molar-refractivity contribution in [3.05, 3.63) is 66.1 Å². The molecule has 1 saturated heterocycles. The molecule has 0 radical (unpaired) electrons. The van der Waals surface area contributed by atoms with Crippen LogP contribution in [0, 0.1) is 11.8 Å². The van der Waals surface area contributed by atoms with Crippen molar-refractivity contribution in [3.8, 4) is 39.4 Å². The second-order valence-corrected chi connectivity index (χ2v) is 16.0. The molecular weight excluding hydrogens is 743 g/mol. The van der Waals surface area contributed by atoms with E-state index in [4.69, 9.17) is 28.6 Å². The molecule has 3 aliphatic rings. The molecule has 2 fully saturated rings. The fourth-order valence-electron chi connectivity index (χ4n) is 8.30. The molecule has 58 heavy (non-hydrogen) atoms. The van der Waals surface area contributed by atoms with E-state index < -0.39 is 24.3 Å². The van der Waals surface area contributed by atoms with Gasteiger partial charge in [-0.15, -0.1) is 0 Å². The summed E-state index contributed by atoms with van der Waals surface area (Å²) >= 11 is 0. The van der Waals surface area contributed by atoms with Crippen LogP contribution in [0.2, 0.25) is 0 Å². The molecule has 308 valence electrons. The fraction of sp³-hybridized carbons (Fsp3) is 0.488. The molecule has 15 heteroatoms. The Bertz CT molecular complexity index is 2130. The SMILES string of the molecule is COC(=O)N[C@H](C(=O)N[C@@H]1CCC[C@@H]1c1ncc(-c2ccc(-c3ccc4c(c3)OCCc3oc([C@@H]5CCCN5C(=O)[C@@H](NC(=O)OC)C(C)C)nc3-4)cc2)[nH]1)C(C)C. The number of nitrogens with one attached hydrogen (secondary N) is 4. The average Bonchev–Trinajstić information content (AvgIpc) is 4.05. The maximum absolute atomic E-state index is 13.7. The lowest BCUT2D eigenvalue weighted by Gasteiger charge is -2.29. The van der Waals surface area contributed by atoms with Crippen molar-refractivity contribution in [3.63, 3.8) is 0 Å². The van der Waals surface area contributed by atoms with Crippen molar-refractivity contribution in [2.75, 3.05) is 27.4 Å². The largest absolute Gasteiger partial charge is 0.492 e. The number of likely N-dealkylation sites (tertiary alicyclic amines) is 1. The molecule has 0 bridgehead atoms. The Morgan fingerprint density at radius 3 is 2.26 bits per heavy atom. The minimum Gasteiger partial charge on any atom is -0.492 e. The van der Waals surface area contributed by atoms with E-state index in [1.54, 1.807) is 4.90 Å². The monoisotopic (exact) mass is 795 g/mol. The third kappa shape index (κ3) is 8.39. The summed E-state index contributed by atoms with van der Waals surface area (Å²) in [6.07, 6.45) is 5.27. The second kappa shape index (κ2) is 17.3. The summed E-state index contributed by atoms with van der Waals surface area (Å²) in [7, 11) is 2.56. The number of H-pyrrole nitrogens is 1. The van der Waals surface area contributed by atoms with Crippen molar-refractivity contribution >= 4 is 24.0 Å². The van der Waals surface area contributed by atoms with Crippen LogP contribution in [0.15, 0.2) is 53.1 Å². The first-order valence-corrected chi connectivity index (χ1v) is 20.2. The molecule has 4 heterocycles. The zero-order valence-electron chi connectivity index (χ0n) is 33.9. The Labute approximate surface area is 338 Å². The number of rotatable bonds is 11. The first-order chi connectivity index (χ1) is 27.9. The number of fused-ring (bicyclic) bond motifs is 3. The van der Waals surface area contributed by atoms with Gasteiger partial charge in [0.2, 0.25) is 17.7 Å². The number of nitrogens with zero attached hydrogens (tertiary/aromatic N) is 3. The summed E-state index contributed by atoms with van der Waals surface area (Å²) in [6.45, 7) is 8.51. The number of imidazole rings is 1. The van der Waals surface area contributed by atoms with Gasteiger partial charge in [0.1, 0.15) is 41.2 Å². The molecule has 2 aromatic heterocycles. The topological polar surface area (TPSA) is 190 Å². The molecule has 4 aromatic rings. The maximum atomic E-state index is 13.7. The molecule has 2 aromatic carbocycles. The molecule has 7 rings (SSSR count). The van der Waals surface area contributed by atoms with Gasteiger partial charge in [-0.05, 0) is 66.3 Å². The summed E-state index contributed by atoms with van der Waals surface area (Å²) in [5.41, 5.74) is 5.41. The molecule has 5 atom stereocenters. The van der Waals surface area contributed by atoms with Gasteiger partial charge >= 0.3 is 12.2 Å². The Hall–Kier alpha value is -5.86. The van der Waals surface area contributed by atoms with Crippen molar-refractivity contribution in [1.82, 2.24) is 35.8 Å². The van der Waals surface area contributed by atoms with Gasteiger partial charge in [-0.25, -0.2) is 19.6 Å². The van der Waals surface area contributed by atoms with E-state index in [0.717, 1.165) is 65.2 Å². The van der Waals surface area contributed by atoms with Crippen LogP contribution in [0.4, 0.5) is 9.59 Å². The summed E-state index contributed by atoms with van der Waals surface area (Å²) in [4.78, 5) is 65.8. The highest BCUT2D eigenvalue weighted by Gasteiger charge is 2.40. The number of aromatic amines is 1. The number of methoxy groups -OCH3 is 2. The molecule has 1 saturated carbocycles. The number of amides is 4. The summed E-state index contributed by atoms with van der Waals surface area (Å²) < 4.78 is 22.1. The third-order valence-electron chi connectivity index (χ3n) is 11.5. The second-order valence-electron chi connectivity index (χ2n) is 16.0. The van der Waals surface area contributed by atoms with E-state index in [-0.39, 0.29) is 41.7 Å². The van der Waals surface area contributed by atoms with E-state index >= 15 is 0 Å². The molecular formula is C43H53N7O8. The van der Waals surface area contributed by atoms with E-state index in [2.05, 4.69) is 45.2 Å². The average molecular weight is 796 g/mol. The van der Waals surface area contributed by atoms with Gasteiger partial charge in [0.25, 0.3) is 0 Å². The molecule has 4 amide bonds. The van der Waals surface area contributed by atoms with E-state index in [0.29, 0.717) is 43.3 Å². The van der Waals surface area contributed by atoms with Crippen LogP contribution >= 0.6 is 0 Å². The summed E-state index contributed by atoms with van der Waals surface area (Å²) in [6, 6.07) is 12.5. The van der Waals surface area contributed by atoms with Crippen molar-refractivity contribution in [1.29, 1.82) is 0 Å². The Balaban J connectivity index is 1.04. The van der Waals surface area contributed by atoms with Crippen LogP contribution < -0.4 is 20.7 Å². The normalized spacial score (nSPS) is 19.7. The number of carbonyl (C=O) groups is 4. The van der Waals surface area contributed by atoms with Crippen LogP contribution in [0.5, 0.6) is 5.75 Å². The predicted molar refractivity (Wildman–Crippen MR) is 215 cm³/mol. The van der Waals surface area contributed by atoms with Crippen LogP contribution in [-0.4, -0.2) is 89.3 Å². The van der Waals surface area contributed by atoms with Gasteiger partial charge < -0.3 is 44.5 Å². The molecule has 2 aliphatic heterocycles. The molecule has 0 spiro atoms. The number of oxazole rings is 1. The highest BCUT2D eigenvalue weighted by Crippen LogP contribution is 2.42. The lowest BCUT2D eigenvalue weighted by molar-refractivity contribution is -0.135. The zero-order chi connectivity index (χ0) is 41.1. The number of ether oxygens (including phenoxy) is 3. The molecule has 4 N–H and O–H groups in total. The van der Waals surface area contributed by atoms with Crippen molar-refractivity contribution in [2.45, 2.75) is 96.3 Å². The molecule has 1 aliphatic carbocycles. The number of alkyl carbamates (subject to hydrolysis) is 2. The maximum Gasteiger partial charge on any atom is 0.407 e. The molecule has 15 nitrogen and oxygen atoms in total. The fourth-order valence-corrected chi connectivity index (χ4v) is 8.30. The molecule has 0 unspecified atom stereocenters. The summed E-state index contributed by atoms with van der Waals surface area (Å²) in [5.74, 6) is 2.11. The van der Waals surface area contributed by atoms with Crippen LogP contribution in [0.3, 0.4) is 0 Å². The Morgan fingerprint density at radius 2 is 1.55 bits per heavy atom. The highest BCUT2D eigenvalue weighted by atomic mass is 16.5. The Kier molecular flexibility index (Phi) is 12.1. The predicted octanol–water partition coefficient (Wildman–Crippen LogP) is 6.51. The minimum atomic E-state index is -0.729. The van der Waals surface area contributed by atoms with Crippen molar-refractivity contribution in [2.24, 2.45) is 11.8 Å². The number of carbonyl (C=O) groups excluding carboxylic acids is 4. The van der Waals surface area contributed by atoms with E-state index in [9.17, 15) is 19.2 Å². The zero-order valence-corrected chi connectivity index (χ0v) is 33.9. The van der Waals surface area contributed by atoms with Crippen LogP contribution in [-0.2, 0) is 25.5 Å². The summed E-state index contributed by atoms with van der Waals surface area (Å²) in [5, 5.41) is 8.51. The van der Waals surface area contributed by atoms with Gasteiger partial charge in [-0.2, -0.15) is 0 Å². The van der Waals surface area contributed by atoms with Gasteiger partial charge in [-0.3, -0.25) is 9.59 Å². The van der Waals surface area contributed by atoms with Gasteiger partial charge in [0, 0.05) is 30.5 Å². The highest BCUT2D eigenvalue weighted by molar-refractivity contribution is 5.87. The first kappa shape index (κ1) is 40.3. The minimum absolute atomic E-state index is 0.0240. The van der Waals surface area contributed by atoms with Crippen LogP contribution in [0.25, 0.3) is 33.6 Å². The lowest BCUT2D eigenvalue weighted by atomic mass is 9.99. The first-order valence-electron chi connectivity index (χ1n) is 20.2. The quantitative estimate of drug-likeness (QED) is 0.130. The number of hydrogen-bond donors (Lipinski definition) is 4. The number of aromatic nitrogens is 3. The number of benzene rings is 2. The van der Waals surface area contributed by atoms with Gasteiger partial charge in [-0.1, -0.05) is 64.4 Å². The third-order valence-corrected chi connectivity index (χ3v) is 11.5. The van der Waals surface area contributed by atoms with Gasteiger partial charge in [0.15, 0.2) is 0 Å². The van der Waals surface area contributed by atoms with E-state index in [1.807, 2.05) is 52.1 Å². The lowest BCUT2D eigenvalue weighted by Crippen LogP contribution is -2.52. The van der Waals surface area contributed by atoms with Crippen LogP contribution in [0.1, 0.15) is 89.2 Å². The smallest absolute Gasteiger partial charge is 0.407 e. The van der Waals surface area contributed by atoms with Crippen molar-refractivity contribution < 1.29 is 37.8 Å².